The van der Waals surface area contributed by atoms with Crippen LogP contribution in [0.25, 0.3) is 0 Å². The third-order valence-electron chi connectivity index (χ3n) is 1.52. The van der Waals surface area contributed by atoms with E-state index >= 15 is 0 Å². The van der Waals surface area contributed by atoms with Crippen LogP contribution >= 0.6 is 0 Å². The Balaban J connectivity index is 2.66. The summed E-state index contributed by atoms with van der Waals surface area (Å²) in [5.41, 5.74) is 8.43. The van der Waals surface area contributed by atoms with E-state index in [0.717, 1.165) is 0 Å². The molecule has 0 aromatic carbocycles. The number of terminal acetylenes is 1. The summed E-state index contributed by atoms with van der Waals surface area (Å²) in [6, 6.07) is 0. The van der Waals surface area contributed by atoms with E-state index in [4.69, 9.17) is 12.2 Å². The van der Waals surface area contributed by atoms with Crippen molar-refractivity contribution in [3.63, 3.8) is 0 Å². The lowest BCUT2D eigenvalue weighted by atomic mass is 10.2. The van der Waals surface area contributed by atoms with Crippen molar-refractivity contribution in [2.75, 3.05) is 12.3 Å². The van der Waals surface area contributed by atoms with Crippen LogP contribution in [0.3, 0.4) is 0 Å². The van der Waals surface area contributed by atoms with Crippen molar-refractivity contribution in [1.82, 2.24) is 15.7 Å². The Labute approximate surface area is 80.8 Å². The molecule has 74 valence electrons. The molecular weight excluding hydrogens is 184 g/mol. The lowest BCUT2D eigenvalue weighted by molar-refractivity contribution is 0.0438. The number of aromatic amines is 1. The van der Waals surface area contributed by atoms with E-state index in [9.17, 15) is 4.79 Å². The maximum Gasteiger partial charge on any atom is 0.280 e. The van der Waals surface area contributed by atoms with Crippen LogP contribution in [0.5, 0.6) is 0 Å². The first-order valence-electron chi connectivity index (χ1n) is 3.83. The van der Waals surface area contributed by atoms with E-state index in [1.807, 2.05) is 0 Å². The number of H-pyrrole nitrogens is 1. The number of aromatic nitrogens is 2. The predicted octanol–water partition coefficient (Wildman–Crippen LogP) is -0.405. The van der Waals surface area contributed by atoms with Gasteiger partial charge in [-0.25, -0.2) is 5.48 Å². The minimum atomic E-state index is -0.469. The SMILES string of the molecule is C#CCONC(=O)c1c(N)n[nH]c1C. The number of nitrogens with zero attached hydrogens (tertiary/aromatic N) is 1. The van der Waals surface area contributed by atoms with Crippen molar-refractivity contribution in [2.45, 2.75) is 6.92 Å². The van der Waals surface area contributed by atoms with Gasteiger partial charge in [0.2, 0.25) is 0 Å². The zero-order valence-electron chi connectivity index (χ0n) is 7.63. The highest BCUT2D eigenvalue weighted by molar-refractivity contribution is 5.98. The lowest BCUT2D eigenvalue weighted by Crippen LogP contribution is -2.25. The number of anilines is 1. The first-order valence-corrected chi connectivity index (χ1v) is 3.83. The predicted molar refractivity (Wildman–Crippen MR) is 50.0 cm³/mol. The van der Waals surface area contributed by atoms with Crippen LogP contribution in [0.15, 0.2) is 0 Å². The third-order valence-corrected chi connectivity index (χ3v) is 1.52. The number of carbonyl (C=O) groups excluding carboxylic acids is 1. The highest BCUT2D eigenvalue weighted by Gasteiger charge is 2.15. The molecule has 1 aromatic rings. The molecule has 1 aromatic heterocycles. The van der Waals surface area contributed by atoms with Gasteiger partial charge >= 0.3 is 0 Å². The van der Waals surface area contributed by atoms with Crippen molar-refractivity contribution < 1.29 is 9.63 Å². The number of hydrogen-bond donors (Lipinski definition) is 3. The van der Waals surface area contributed by atoms with Gasteiger partial charge in [-0.05, 0) is 6.92 Å². The van der Waals surface area contributed by atoms with Crippen LogP contribution in [0.2, 0.25) is 0 Å². The van der Waals surface area contributed by atoms with Crippen LogP contribution in [0.4, 0.5) is 5.82 Å². The fraction of sp³-hybridized carbons (Fsp3) is 0.250. The van der Waals surface area contributed by atoms with Crippen molar-refractivity contribution in [3.05, 3.63) is 11.3 Å². The largest absolute Gasteiger partial charge is 0.382 e. The first kappa shape index (κ1) is 10.1. The summed E-state index contributed by atoms with van der Waals surface area (Å²) in [6.07, 6.45) is 4.92. The van der Waals surface area contributed by atoms with E-state index in [2.05, 4.69) is 26.4 Å². The molecule has 0 aliphatic carbocycles. The third kappa shape index (κ3) is 2.02. The van der Waals surface area contributed by atoms with Gasteiger partial charge in [-0.2, -0.15) is 5.10 Å². The zero-order valence-corrected chi connectivity index (χ0v) is 7.63. The van der Waals surface area contributed by atoms with Crippen LogP contribution in [-0.2, 0) is 4.84 Å². The van der Waals surface area contributed by atoms with E-state index < -0.39 is 5.91 Å². The van der Waals surface area contributed by atoms with Gasteiger partial charge in [0, 0.05) is 5.69 Å². The number of hydrogen-bond acceptors (Lipinski definition) is 4. The number of nitrogen functional groups attached to an aromatic ring is 1. The van der Waals surface area contributed by atoms with Gasteiger partial charge in [-0.15, -0.1) is 6.42 Å². The van der Waals surface area contributed by atoms with Crippen molar-refractivity contribution in [1.29, 1.82) is 0 Å². The number of aryl methyl sites for hydroxylation is 1. The molecule has 0 saturated heterocycles. The summed E-state index contributed by atoms with van der Waals surface area (Å²) < 4.78 is 0. The van der Waals surface area contributed by atoms with E-state index in [-0.39, 0.29) is 18.0 Å². The number of nitrogens with one attached hydrogen (secondary N) is 2. The van der Waals surface area contributed by atoms with Gasteiger partial charge < -0.3 is 5.73 Å². The Kier molecular flexibility index (Phi) is 3.09. The summed E-state index contributed by atoms with van der Waals surface area (Å²) in [7, 11) is 0. The molecule has 6 nitrogen and oxygen atoms in total. The quantitative estimate of drug-likeness (QED) is 0.346. The van der Waals surface area contributed by atoms with Gasteiger partial charge in [0.25, 0.3) is 5.91 Å². The van der Waals surface area contributed by atoms with E-state index in [1.165, 1.54) is 0 Å². The first-order chi connectivity index (χ1) is 6.66. The molecule has 0 unspecified atom stereocenters. The maximum atomic E-state index is 11.4. The Morgan fingerprint density at radius 1 is 1.86 bits per heavy atom. The molecule has 0 aliphatic rings. The highest BCUT2D eigenvalue weighted by Crippen LogP contribution is 2.11. The molecule has 0 bridgehead atoms. The molecule has 1 heterocycles. The summed E-state index contributed by atoms with van der Waals surface area (Å²) in [5.74, 6) is 1.87. The summed E-state index contributed by atoms with van der Waals surface area (Å²) in [4.78, 5) is 16.0. The Morgan fingerprint density at radius 2 is 2.57 bits per heavy atom. The number of carbonyl (C=O) groups is 1. The van der Waals surface area contributed by atoms with Crippen molar-refractivity contribution >= 4 is 11.7 Å². The Hall–Kier alpha value is -2.00. The van der Waals surface area contributed by atoms with Crippen molar-refractivity contribution in [3.8, 4) is 12.3 Å². The molecule has 14 heavy (non-hydrogen) atoms. The van der Waals surface area contributed by atoms with Crippen molar-refractivity contribution in [2.24, 2.45) is 0 Å². The maximum absolute atomic E-state index is 11.4. The molecule has 0 saturated carbocycles. The highest BCUT2D eigenvalue weighted by atomic mass is 16.6. The van der Waals surface area contributed by atoms with Gasteiger partial charge in [-0.3, -0.25) is 14.7 Å². The smallest absolute Gasteiger partial charge is 0.280 e. The second-order valence-corrected chi connectivity index (χ2v) is 2.53. The fourth-order valence-electron chi connectivity index (χ4n) is 0.929. The molecule has 0 radical (unpaired) electrons. The van der Waals surface area contributed by atoms with Gasteiger partial charge in [-0.1, -0.05) is 5.92 Å². The van der Waals surface area contributed by atoms with E-state index in [1.54, 1.807) is 6.92 Å². The number of hydroxylamine groups is 1. The van der Waals surface area contributed by atoms with Gasteiger partial charge in [0.05, 0.1) is 0 Å². The zero-order chi connectivity index (χ0) is 10.6. The van der Waals surface area contributed by atoms with Crippen LogP contribution in [-0.4, -0.2) is 22.7 Å². The molecule has 1 rings (SSSR count). The molecule has 4 N–H and O–H groups in total. The Bertz CT molecular complexity index is 358. The van der Waals surface area contributed by atoms with Gasteiger partial charge in [0.15, 0.2) is 5.82 Å². The molecule has 0 spiro atoms. The molecule has 1 amide bonds. The summed E-state index contributed by atoms with van der Waals surface area (Å²) in [5, 5.41) is 6.24. The average molecular weight is 194 g/mol. The topological polar surface area (TPSA) is 93.0 Å². The van der Waals surface area contributed by atoms with E-state index in [0.29, 0.717) is 5.69 Å². The molecule has 0 aliphatic heterocycles. The summed E-state index contributed by atoms with van der Waals surface area (Å²) in [6.45, 7) is 1.68. The Morgan fingerprint density at radius 3 is 3.07 bits per heavy atom. The fourth-order valence-corrected chi connectivity index (χ4v) is 0.929. The second kappa shape index (κ2) is 4.30. The number of nitrogens with two attached hydrogens (primary N) is 1. The average Bonchev–Trinajstić information content (AvgIpc) is 2.46. The standard InChI is InChI=1S/C8H10N4O2/c1-3-4-14-12-8(13)6-5(2)10-11-7(6)9/h1H,4H2,2H3,(H,12,13)(H3,9,10,11). The van der Waals surface area contributed by atoms with Crippen LogP contribution in [0.1, 0.15) is 16.1 Å². The second-order valence-electron chi connectivity index (χ2n) is 2.53. The number of amides is 1. The van der Waals surface area contributed by atoms with Gasteiger partial charge in [0.1, 0.15) is 12.2 Å². The monoisotopic (exact) mass is 194 g/mol. The normalized spacial score (nSPS) is 9.43. The summed E-state index contributed by atoms with van der Waals surface area (Å²) >= 11 is 0. The molecule has 0 fully saturated rings. The molecule has 6 heteroatoms. The minimum absolute atomic E-state index is 0.00252. The van der Waals surface area contributed by atoms with Crippen LogP contribution in [0, 0.1) is 19.3 Å². The number of rotatable bonds is 3. The minimum Gasteiger partial charge on any atom is -0.382 e. The van der Waals surface area contributed by atoms with Crippen LogP contribution < -0.4 is 11.2 Å². The molecule has 0 atom stereocenters. The lowest BCUT2D eigenvalue weighted by Gasteiger charge is -2.02. The molecular formula is C8H10N4O2.